The van der Waals surface area contributed by atoms with Crippen molar-refractivity contribution in [1.29, 1.82) is 0 Å². The van der Waals surface area contributed by atoms with E-state index >= 15 is 0 Å². The zero-order valence-corrected chi connectivity index (χ0v) is 16.2. The van der Waals surface area contributed by atoms with E-state index in [-0.39, 0.29) is 0 Å². The van der Waals surface area contributed by atoms with Crippen LogP contribution in [0.3, 0.4) is 0 Å². The summed E-state index contributed by atoms with van der Waals surface area (Å²) in [6, 6.07) is 6.96. The molecule has 25 heavy (non-hydrogen) atoms. The summed E-state index contributed by atoms with van der Waals surface area (Å²) in [6.45, 7) is 1.55. The molecule has 0 atom stereocenters. The maximum atomic E-state index is 11.5. The lowest BCUT2D eigenvalue weighted by Gasteiger charge is -2.21. The van der Waals surface area contributed by atoms with Crippen molar-refractivity contribution in [2.45, 2.75) is 56.4 Å². The van der Waals surface area contributed by atoms with Crippen LogP contribution >= 0.6 is 0 Å². The van der Waals surface area contributed by atoms with Gasteiger partial charge in [-0.05, 0) is 36.5 Å². The number of hydrogen-bond donors (Lipinski definition) is 2. The number of benzene rings is 1. The summed E-state index contributed by atoms with van der Waals surface area (Å²) in [7, 11) is -1.37. The second kappa shape index (κ2) is 9.80. The van der Waals surface area contributed by atoms with Gasteiger partial charge in [0.1, 0.15) is 0 Å². The first-order valence-electron chi connectivity index (χ1n) is 9.22. The molecule has 1 aliphatic rings. The second-order valence-corrected chi connectivity index (χ2v) is 8.93. The van der Waals surface area contributed by atoms with Crippen LogP contribution in [-0.2, 0) is 16.4 Å². The maximum absolute atomic E-state index is 11.5. The van der Waals surface area contributed by atoms with E-state index in [0.717, 1.165) is 24.0 Å². The molecule has 0 amide bonds. The molecule has 0 aromatic heterocycles. The van der Waals surface area contributed by atoms with E-state index in [2.05, 4.69) is 15.6 Å². The topological polar surface area (TPSA) is 70.6 Å². The van der Waals surface area contributed by atoms with Crippen molar-refractivity contribution in [3.63, 3.8) is 0 Å². The molecule has 6 heteroatoms. The van der Waals surface area contributed by atoms with Crippen LogP contribution in [0.2, 0.25) is 0 Å². The average Bonchev–Trinajstić information content (AvgIpc) is 2.61. The zero-order chi connectivity index (χ0) is 18.1. The Kier molecular flexibility index (Phi) is 7.75. The molecule has 0 spiro atoms. The molecular weight excluding hydrogens is 334 g/mol. The third-order valence-corrected chi connectivity index (χ3v) is 5.97. The Hall–Kier alpha value is -1.56. The molecule has 2 rings (SSSR count). The molecule has 1 fully saturated rings. The van der Waals surface area contributed by atoms with Gasteiger partial charge >= 0.3 is 0 Å². The highest BCUT2D eigenvalue weighted by atomic mass is 32.2. The molecule has 5 nitrogen and oxygen atoms in total. The van der Waals surface area contributed by atoms with Crippen LogP contribution < -0.4 is 10.6 Å². The van der Waals surface area contributed by atoms with Gasteiger partial charge in [0.05, 0.1) is 4.90 Å². The lowest BCUT2D eigenvalue weighted by Crippen LogP contribution is -2.37. The molecule has 1 saturated carbocycles. The van der Waals surface area contributed by atoms with Crippen molar-refractivity contribution in [2.75, 3.05) is 19.8 Å². The molecule has 0 bridgehead atoms. The summed E-state index contributed by atoms with van der Waals surface area (Å²) in [5, 5.41) is 6.63. The van der Waals surface area contributed by atoms with Crippen molar-refractivity contribution < 1.29 is 8.42 Å². The monoisotopic (exact) mass is 365 g/mol. The van der Waals surface area contributed by atoms with Crippen molar-refractivity contribution in [2.24, 2.45) is 10.9 Å². The van der Waals surface area contributed by atoms with Crippen LogP contribution in [-0.4, -0.2) is 34.2 Å². The molecule has 140 valence electrons. The summed E-state index contributed by atoms with van der Waals surface area (Å²) in [6.07, 6.45) is 10.7. The molecule has 2 N–H and O–H groups in total. The molecule has 0 saturated heterocycles. The van der Waals surface area contributed by atoms with Crippen LogP contribution in [0.25, 0.3) is 0 Å². The van der Waals surface area contributed by atoms with Crippen LogP contribution in [0, 0.1) is 5.92 Å². The van der Waals surface area contributed by atoms with Gasteiger partial charge in [-0.3, -0.25) is 4.99 Å². The molecule has 1 aliphatic carbocycles. The van der Waals surface area contributed by atoms with Crippen molar-refractivity contribution >= 4 is 15.8 Å². The molecule has 1 aromatic rings. The zero-order valence-electron chi connectivity index (χ0n) is 15.4. The predicted octanol–water partition coefficient (Wildman–Crippen LogP) is 3.12. The highest BCUT2D eigenvalue weighted by molar-refractivity contribution is 7.90. The number of nitrogens with one attached hydrogen (secondary N) is 2. The fourth-order valence-electron chi connectivity index (χ4n) is 3.33. The minimum Gasteiger partial charge on any atom is -0.356 e. The van der Waals surface area contributed by atoms with Crippen molar-refractivity contribution in [3.8, 4) is 0 Å². The highest BCUT2D eigenvalue weighted by Gasteiger charge is 2.12. The van der Waals surface area contributed by atoms with Crippen LogP contribution in [0.5, 0.6) is 0 Å². The molecule has 0 heterocycles. The quantitative estimate of drug-likeness (QED) is 0.442. The Morgan fingerprint density at radius 3 is 2.40 bits per heavy atom. The number of aliphatic imine (C=N–C) groups is 1. The van der Waals surface area contributed by atoms with Gasteiger partial charge in [0.15, 0.2) is 15.8 Å². The van der Waals surface area contributed by atoms with E-state index < -0.39 is 9.84 Å². The van der Waals surface area contributed by atoms with Crippen LogP contribution in [0.4, 0.5) is 0 Å². The van der Waals surface area contributed by atoms with Crippen molar-refractivity contribution in [1.82, 2.24) is 10.6 Å². The van der Waals surface area contributed by atoms with Gasteiger partial charge < -0.3 is 10.6 Å². The van der Waals surface area contributed by atoms with Gasteiger partial charge in [0, 0.05) is 26.4 Å². The van der Waals surface area contributed by atoms with E-state index in [0.29, 0.717) is 11.4 Å². The minimum atomic E-state index is -3.14. The van der Waals surface area contributed by atoms with E-state index in [1.165, 1.54) is 51.2 Å². The average molecular weight is 366 g/mol. The minimum absolute atomic E-state index is 0.349. The Morgan fingerprint density at radius 2 is 1.80 bits per heavy atom. The fourth-order valence-corrected chi connectivity index (χ4v) is 3.96. The normalized spacial score (nSPS) is 16.6. The summed E-state index contributed by atoms with van der Waals surface area (Å²) in [5.74, 6) is 1.70. The summed E-state index contributed by atoms with van der Waals surface area (Å²) >= 11 is 0. The van der Waals surface area contributed by atoms with Crippen molar-refractivity contribution in [3.05, 3.63) is 29.8 Å². The number of nitrogens with zero attached hydrogens (tertiary/aromatic N) is 1. The fraction of sp³-hybridized carbons (Fsp3) is 0.632. The Balaban J connectivity index is 1.69. The van der Waals surface area contributed by atoms with Gasteiger partial charge in [-0.15, -0.1) is 0 Å². The van der Waals surface area contributed by atoms with Gasteiger partial charge in [-0.25, -0.2) is 8.42 Å². The van der Waals surface area contributed by atoms with E-state index in [1.54, 1.807) is 19.2 Å². The standard InChI is InChI=1S/C19H31N3O2S/c1-20-19(21-14-6-9-16-7-4-3-5-8-16)22-15-17-10-12-18(13-11-17)25(2,23)24/h10-13,16H,3-9,14-15H2,1-2H3,(H2,20,21,22). The smallest absolute Gasteiger partial charge is 0.191 e. The lowest BCUT2D eigenvalue weighted by molar-refractivity contribution is 0.332. The van der Waals surface area contributed by atoms with E-state index in [4.69, 9.17) is 0 Å². The second-order valence-electron chi connectivity index (χ2n) is 6.91. The van der Waals surface area contributed by atoms with E-state index in [9.17, 15) is 8.42 Å². The van der Waals surface area contributed by atoms with Gasteiger partial charge in [-0.1, -0.05) is 44.2 Å². The molecule has 0 radical (unpaired) electrons. The molecular formula is C19H31N3O2S. The first-order valence-corrected chi connectivity index (χ1v) is 11.1. The number of guanidine groups is 1. The molecule has 0 unspecified atom stereocenters. The molecule has 0 aliphatic heterocycles. The Bertz CT molecular complexity index is 648. The number of rotatable bonds is 7. The summed E-state index contributed by atoms with van der Waals surface area (Å²) in [5.41, 5.74) is 1.03. The predicted molar refractivity (Wildman–Crippen MR) is 104 cm³/mol. The van der Waals surface area contributed by atoms with Crippen LogP contribution in [0.15, 0.2) is 34.2 Å². The first kappa shape index (κ1) is 19.8. The lowest BCUT2D eigenvalue weighted by atomic mass is 9.86. The van der Waals surface area contributed by atoms with Gasteiger partial charge in [0.25, 0.3) is 0 Å². The highest BCUT2D eigenvalue weighted by Crippen LogP contribution is 2.26. The van der Waals surface area contributed by atoms with Crippen LogP contribution in [0.1, 0.15) is 50.5 Å². The maximum Gasteiger partial charge on any atom is 0.191 e. The number of hydrogen-bond acceptors (Lipinski definition) is 3. The Morgan fingerprint density at radius 1 is 1.12 bits per heavy atom. The summed E-state index contributed by atoms with van der Waals surface area (Å²) < 4.78 is 22.9. The Labute approximate surface area is 152 Å². The van der Waals surface area contributed by atoms with Gasteiger partial charge in [0.2, 0.25) is 0 Å². The van der Waals surface area contributed by atoms with Gasteiger partial charge in [-0.2, -0.15) is 0 Å². The van der Waals surface area contributed by atoms with E-state index in [1.807, 2.05) is 12.1 Å². The third kappa shape index (κ3) is 7.06. The SMILES string of the molecule is CN=C(NCCCC1CCCCC1)NCc1ccc(S(C)(=O)=O)cc1. The third-order valence-electron chi connectivity index (χ3n) is 4.84. The first-order chi connectivity index (χ1) is 12.0. The largest absolute Gasteiger partial charge is 0.356 e. The summed E-state index contributed by atoms with van der Waals surface area (Å²) in [4.78, 5) is 4.59. The molecule has 1 aromatic carbocycles. The number of sulfone groups is 1.